The zero-order valence-electron chi connectivity index (χ0n) is 21.3. The summed E-state index contributed by atoms with van der Waals surface area (Å²) in [6, 6.07) is 1.17. The van der Waals surface area contributed by atoms with Crippen LogP contribution < -0.4 is 16.8 Å². The van der Waals surface area contributed by atoms with E-state index < -0.39 is 18.1 Å². The first-order valence-electron chi connectivity index (χ1n) is 11.7. The number of amides is 2. The highest BCUT2D eigenvalue weighted by Crippen LogP contribution is 2.40. The monoisotopic (exact) mass is 497 g/mol. The van der Waals surface area contributed by atoms with Crippen LogP contribution in [-0.4, -0.2) is 34.1 Å². The first-order chi connectivity index (χ1) is 16.8. The maximum atomic E-state index is 12.8. The molecule has 1 aromatic carbocycles. The van der Waals surface area contributed by atoms with Crippen LogP contribution in [0.5, 0.6) is 11.5 Å². The van der Waals surface area contributed by atoms with Crippen molar-refractivity contribution in [3.8, 4) is 11.5 Å². The lowest BCUT2D eigenvalue weighted by Gasteiger charge is -2.25. The van der Waals surface area contributed by atoms with Gasteiger partial charge in [-0.3, -0.25) is 9.59 Å². The van der Waals surface area contributed by atoms with E-state index in [1.165, 1.54) is 6.07 Å². The maximum Gasteiger partial charge on any atom is 0.404 e. The molecule has 194 valence electrons. The summed E-state index contributed by atoms with van der Waals surface area (Å²) in [5, 5.41) is 23.6. The largest absolute Gasteiger partial charge is 0.506 e. The molecule has 0 aromatic heterocycles. The second kappa shape index (κ2) is 12.1. The molecule has 0 saturated heterocycles. The molecule has 1 heterocycles. The Morgan fingerprint density at radius 1 is 1.08 bits per heavy atom. The lowest BCUT2D eigenvalue weighted by atomic mass is 9.90. The van der Waals surface area contributed by atoms with Crippen molar-refractivity contribution in [3.63, 3.8) is 0 Å². The molecule has 0 fully saturated rings. The van der Waals surface area contributed by atoms with Crippen LogP contribution in [0.3, 0.4) is 0 Å². The Hall–Kier alpha value is -4.01. The quantitative estimate of drug-likeness (QED) is 0.215. The zero-order valence-corrected chi connectivity index (χ0v) is 21.3. The van der Waals surface area contributed by atoms with E-state index in [1.54, 1.807) is 51.2 Å². The van der Waals surface area contributed by atoms with Crippen LogP contribution in [0.15, 0.2) is 47.1 Å². The van der Waals surface area contributed by atoms with E-state index in [0.717, 1.165) is 5.57 Å². The number of rotatable bonds is 1. The van der Waals surface area contributed by atoms with E-state index in [4.69, 9.17) is 16.2 Å². The Labute approximate surface area is 211 Å². The standard InChI is InChI=1S/C27H35N3O6/c1-14-9-10-21(31)17(4)12-18(5)25(36-27(29)35)15(2)7-6-8-16(3)26(34)30-20-13-22(32)23(28)19(11-14)24(20)33/h6-8,11-13,15,18,25,32-33H,9-10,28H2,1-5H3,(H2,29,35)(H,30,34)/b7-6?,14-11+,16-8+,17-12+. The molecule has 36 heavy (non-hydrogen) atoms. The Kier molecular flexibility index (Phi) is 9.49. The molecule has 3 atom stereocenters. The van der Waals surface area contributed by atoms with E-state index in [-0.39, 0.29) is 52.5 Å². The van der Waals surface area contributed by atoms with Crippen LogP contribution in [0.1, 0.15) is 53.0 Å². The second-order valence-electron chi connectivity index (χ2n) is 9.19. The SMILES string of the molecule is C/C1=C\c2c(N)c(O)cc(c2O)NC(=O)/C(C)=C/C=CC(C)C(OC(N)=O)C(C)/C=C(\C)C(=O)CC1. The molecule has 1 aromatic rings. The second-order valence-corrected chi connectivity index (χ2v) is 9.19. The number of ketones is 1. The lowest BCUT2D eigenvalue weighted by molar-refractivity contribution is -0.115. The third-order valence-corrected chi connectivity index (χ3v) is 6.10. The van der Waals surface area contributed by atoms with Crippen LogP contribution in [-0.2, 0) is 14.3 Å². The minimum Gasteiger partial charge on any atom is -0.506 e. The van der Waals surface area contributed by atoms with Crippen molar-refractivity contribution in [2.75, 3.05) is 11.1 Å². The van der Waals surface area contributed by atoms with Crippen LogP contribution in [0.2, 0.25) is 0 Å². The molecule has 0 radical (unpaired) electrons. The third kappa shape index (κ3) is 7.24. The lowest BCUT2D eigenvalue weighted by Crippen LogP contribution is -2.32. The molecule has 7 N–H and O–H groups in total. The summed E-state index contributed by atoms with van der Waals surface area (Å²) in [5.41, 5.74) is 12.9. The molecule has 0 aliphatic carbocycles. The zero-order chi connectivity index (χ0) is 27.2. The van der Waals surface area contributed by atoms with Crippen LogP contribution in [0.25, 0.3) is 6.08 Å². The number of anilines is 2. The van der Waals surface area contributed by atoms with Crippen LogP contribution >= 0.6 is 0 Å². The molecule has 2 rings (SSSR count). The van der Waals surface area contributed by atoms with E-state index >= 15 is 0 Å². The number of ether oxygens (including phenoxy) is 1. The van der Waals surface area contributed by atoms with Gasteiger partial charge in [0.15, 0.2) is 5.78 Å². The number of allylic oxidation sites excluding steroid dienone is 4. The minimum atomic E-state index is -0.918. The predicted molar refractivity (Wildman–Crippen MR) is 140 cm³/mol. The van der Waals surface area contributed by atoms with Gasteiger partial charge in [-0.2, -0.15) is 0 Å². The van der Waals surface area contributed by atoms with E-state index in [9.17, 15) is 24.6 Å². The van der Waals surface area contributed by atoms with Gasteiger partial charge in [-0.15, -0.1) is 0 Å². The summed E-state index contributed by atoms with van der Waals surface area (Å²) in [7, 11) is 0. The number of carbonyl (C=O) groups excluding carboxylic acids is 3. The number of fused-ring (bicyclic) bond motifs is 2. The number of nitrogen functional groups attached to an aromatic ring is 1. The van der Waals surface area contributed by atoms with Gasteiger partial charge >= 0.3 is 6.09 Å². The number of phenols is 2. The Morgan fingerprint density at radius 2 is 1.75 bits per heavy atom. The topological polar surface area (TPSA) is 165 Å². The number of primary amides is 1. The van der Waals surface area contributed by atoms with Gasteiger partial charge in [-0.05, 0) is 32.8 Å². The van der Waals surface area contributed by atoms with Gasteiger partial charge in [-0.1, -0.05) is 49.8 Å². The van der Waals surface area contributed by atoms with Crippen molar-refractivity contribution in [1.82, 2.24) is 0 Å². The molecule has 0 saturated carbocycles. The number of hydrogen-bond acceptors (Lipinski definition) is 7. The number of benzene rings is 1. The summed E-state index contributed by atoms with van der Waals surface area (Å²) in [6.45, 7) is 8.74. The molecule has 1 aliphatic rings. The Morgan fingerprint density at radius 3 is 2.39 bits per heavy atom. The summed E-state index contributed by atoms with van der Waals surface area (Å²) >= 11 is 0. The van der Waals surface area contributed by atoms with E-state index in [2.05, 4.69) is 5.32 Å². The minimum absolute atomic E-state index is 0.00707. The maximum absolute atomic E-state index is 12.8. The Balaban J connectivity index is 2.57. The first kappa shape index (κ1) is 28.2. The summed E-state index contributed by atoms with van der Waals surface area (Å²) < 4.78 is 5.34. The number of phenolic OH excluding ortho intramolecular Hbond substituents is 2. The normalized spacial score (nSPS) is 26.6. The Bertz CT molecular complexity index is 1160. The fourth-order valence-electron chi connectivity index (χ4n) is 3.95. The van der Waals surface area contributed by atoms with Crippen molar-refractivity contribution in [3.05, 3.63) is 52.7 Å². The van der Waals surface area contributed by atoms with Gasteiger partial charge < -0.3 is 31.7 Å². The molecule has 1 aliphatic heterocycles. The highest BCUT2D eigenvalue weighted by Gasteiger charge is 2.25. The van der Waals surface area contributed by atoms with Crippen molar-refractivity contribution < 1.29 is 29.3 Å². The number of aromatic hydroxyl groups is 2. The number of nitrogens with one attached hydrogen (secondary N) is 1. The molecule has 2 bridgehead atoms. The van der Waals surface area contributed by atoms with E-state index in [1.807, 2.05) is 13.8 Å². The molecule has 0 spiro atoms. The van der Waals surface area contributed by atoms with Gasteiger partial charge in [-0.25, -0.2) is 4.79 Å². The fraction of sp³-hybridized carbons (Fsp3) is 0.370. The van der Waals surface area contributed by atoms with Crippen LogP contribution in [0.4, 0.5) is 16.2 Å². The van der Waals surface area contributed by atoms with Gasteiger partial charge in [0.05, 0.1) is 11.4 Å². The number of nitrogens with two attached hydrogens (primary N) is 2. The molecule has 2 amide bonds. The van der Waals surface area contributed by atoms with Crippen molar-refractivity contribution in [2.45, 2.75) is 53.6 Å². The third-order valence-electron chi connectivity index (χ3n) is 6.10. The highest BCUT2D eigenvalue weighted by atomic mass is 16.6. The molecule has 9 heteroatoms. The molecule has 9 nitrogen and oxygen atoms in total. The molecule has 3 unspecified atom stereocenters. The van der Waals surface area contributed by atoms with Crippen molar-refractivity contribution in [2.24, 2.45) is 17.6 Å². The van der Waals surface area contributed by atoms with Crippen molar-refractivity contribution in [1.29, 1.82) is 0 Å². The van der Waals surface area contributed by atoms with Crippen LogP contribution in [0, 0.1) is 11.8 Å². The average Bonchev–Trinajstić information content (AvgIpc) is 2.80. The highest BCUT2D eigenvalue weighted by molar-refractivity contribution is 6.05. The summed E-state index contributed by atoms with van der Waals surface area (Å²) in [6.07, 6.45) is 7.33. The number of carbonyl (C=O) groups is 3. The summed E-state index contributed by atoms with van der Waals surface area (Å²) in [5.74, 6) is -1.78. The average molecular weight is 498 g/mol. The fourth-order valence-corrected chi connectivity index (χ4v) is 3.95. The smallest absolute Gasteiger partial charge is 0.404 e. The molecular weight excluding hydrogens is 462 g/mol. The predicted octanol–water partition coefficient (Wildman–Crippen LogP) is 4.57. The van der Waals surface area contributed by atoms with Gasteiger partial charge in [0.25, 0.3) is 5.91 Å². The van der Waals surface area contributed by atoms with Gasteiger partial charge in [0, 0.05) is 35.5 Å². The first-order valence-corrected chi connectivity index (χ1v) is 11.7. The summed E-state index contributed by atoms with van der Waals surface area (Å²) in [4.78, 5) is 37.0. The molecular formula is C27H35N3O6. The number of hydrogen-bond donors (Lipinski definition) is 5. The van der Waals surface area contributed by atoms with E-state index in [0.29, 0.717) is 17.6 Å². The van der Waals surface area contributed by atoms with Gasteiger partial charge in [0.2, 0.25) is 0 Å². The van der Waals surface area contributed by atoms with Crippen molar-refractivity contribution >= 4 is 35.2 Å². The van der Waals surface area contributed by atoms with Gasteiger partial charge in [0.1, 0.15) is 17.6 Å². The number of Topliss-reactive ketones (excluding diaryl/α,β-unsaturated/α-hetero) is 1.